The third-order valence-corrected chi connectivity index (χ3v) is 6.58. The fourth-order valence-corrected chi connectivity index (χ4v) is 4.56. The number of para-hydroxylation sites is 2. The van der Waals surface area contributed by atoms with E-state index in [0.29, 0.717) is 23.2 Å². The molecule has 0 amide bonds. The molecule has 1 atom stereocenters. The highest BCUT2D eigenvalue weighted by Gasteiger charge is 2.36. The molecule has 30 heavy (non-hydrogen) atoms. The maximum atomic E-state index is 13.7. The molecule has 0 spiro atoms. The predicted octanol–water partition coefficient (Wildman–Crippen LogP) is 5.39. The summed E-state index contributed by atoms with van der Waals surface area (Å²) in [6.45, 7) is 2.39. The summed E-state index contributed by atoms with van der Waals surface area (Å²) in [5.41, 5.74) is 1.21. The van der Waals surface area contributed by atoms with Gasteiger partial charge in [0.05, 0.1) is 0 Å². The molecule has 0 radical (unpaired) electrons. The van der Waals surface area contributed by atoms with Crippen molar-refractivity contribution in [3.05, 3.63) is 96.6 Å². The minimum Gasteiger partial charge on any atom is -0.415 e. The second-order valence-corrected chi connectivity index (χ2v) is 9.29. The van der Waals surface area contributed by atoms with E-state index in [1.165, 1.54) is 5.56 Å². The van der Waals surface area contributed by atoms with Crippen LogP contribution in [0.3, 0.4) is 0 Å². The first-order chi connectivity index (χ1) is 14.5. The van der Waals surface area contributed by atoms with Crippen LogP contribution in [0.25, 0.3) is 0 Å². The molecule has 3 aromatic rings. The molecule has 7 heteroatoms. The predicted molar refractivity (Wildman–Crippen MR) is 125 cm³/mol. The largest absolute Gasteiger partial charge is 0.452 e. The molecule has 0 aliphatic heterocycles. The molecule has 0 bridgehead atoms. The lowest BCUT2D eigenvalue weighted by molar-refractivity contribution is 0.370. The van der Waals surface area contributed by atoms with Gasteiger partial charge in [0.15, 0.2) is 10.9 Å². The van der Waals surface area contributed by atoms with Crippen LogP contribution in [-0.4, -0.2) is 17.4 Å². The van der Waals surface area contributed by atoms with Crippen molar-refractivity contribution in [2.45, 2.75) is 19.1 Å². The molecular formula is C23H25N2O3PS. The van der Waals surface area contributed by atoms with Gasteiger partial charge >= 0.3 is 7.60 Å². The van der Waals surface area contributed by atoms with E-state index in [1.807, 2.05) is 54.6 Å². The number of hydrogen-bond donors (Lipinski definition) is 2. The third-order valence-electron chi connectivity index (χ3n) is 4.31. The van der Waals surface area contributed by atoms with Crippen LogP contribution >= 0.6 is 19.8 Å². The van der Waals surface area contributed by atoms with E-state index in [1.54, 1.807) is 31.2 Å². The minimum atomic E-state index is -3.64. The molecule has 156 valence electrons. The van der Waals surface area contributed by atoms with Gasteiger partial charge in [0, 0.05) is 6.54 Å². The van der Waals surface area contributed by atoms with Crippen LogP contribution in [0.15, 0.2) is 91.0 Å². The van der Waals surface area contributed by atoms with Gasteiger partial charge in [-0.3, -0.25) is 0 Å². The molecular weight excluding hydrogens is 415 g/mol. The van der Waals surface area contributed by atoms with Crippen molar-refractivity contribution < 1.29 is 13.6 Å². The molecule has 0 saturated carbocycles. The van der Waals surface area contributed by atoms with Crippen molar-refractivity contribution in [3.63, 3.8) is 0 Å². The molecule has 5 nitrogen and oxygen atoms in total. The first kappa shape index (κ1) is 21.9. The van der Waals surface area contributed by atoms with Crippen LogP contribution in [0, 0.1) is 0 Å². The molecule has 0 aliphatic rings. The minimum absolute atomic E-state index is 0.395. The van der Waals surface area contributed by atoms with E-state index < -0.39 is 13.4 Å². The summed E-state index contributed by atoms with van der Waals surface area (Å²) < 4.78 is 25.3. The van der Waals surface area contributed by atoms with Crippen molar-refractivity contribution >= 4 is 24.9 Å². The van der Waals surface area contributed by atoms with Crippen molar-refractivity contribution in [2.24, 2.45) is 0 Å². The van der Waals surface area contributed by atoms with Gasteiger partial charge < -0.3 is 19.7 Å². The van der Waals surface area contributed by atoms with Crippen LogP contribution in [0.2, 0.25) is 0 Å². The van der Waals surface area contributed by atoms with Crippen molar-refractivity contribution in [2.75, 3.05) is 6.54 Å². The van der Waals surface area contributed by atoms with E-state index in [9.17, 15) is 4.57 Å². The normalized spacial score (nSPS) is 11.9. The highest BCUT2D eigenvalue weighted by atomic mass is 32.1. The summed E-state index contributed by atoms with van der Waals surface area (Å²) in [5, 5.41) is 6.60. The molecule has 2 N–H and O–H groups in total. The first-order valence-electron chi connectivity index (χ1n) is 9.72. The van der Waals surface area contributed by atoms with E-state index in [-0.39, 0.29) is 0 Å². The fraction of sp³-hybridized carbons (Fsp3) is 0.174. The Labute approximate surface area is 183 Å². The molecule has 0 fully saturated rings. The number of rotatable bonds is 9. The monoisotopic (exact) mass is 440 g/mol. The smallest absolute Gasteiger partial charge is 0.415 e. The lowest BCUT2D eigenvalue weighted by Gasteiger charge is -2.26. The molecule has 3 rings (SSSR count). The Morgan fingerprint density at radius 3 is 1.83 bits per heavy atom. The van der Waals surface area contributed by atoms with E-state index in [2.05, 4.69) is 22.8 Å². The molecule has 0 unspecified atom stereocenters. The van der Waals surface area contributed by atoms with Crippen molar-refractivity contribution in [1.82, 2.24) is 10.6 Å². The summed E-state index contributed by atoms with van der Waals surface area (Å²) in [5.74, 6) is 0.261. The lowest BCUT2D eigenvalue weighted by Crippen LogP contribution is -2.42. The fourth-order valence-electron chi connectivity index (χ4n) is 2.72. The first-order valence-corrected chi connectivity index (χ1v) is 11.7. The average molecular weight is 441 g/mol. The Balaban J connectivity index is 1.64. The zero-order chi connectivity index (χ0) is 21.2. The summed E-state index contributed by atoms with van der Waals surface area (Å²) in [6, 6.07) is 28.1. The van der Waals surface area contributed by atoms with Crippen molar-refractivity contribution in [1.29, 1.82) is 0 Å². The van der Waals surface area contributed by atoms with E-state index >= 15 is 0 Å². The molecule has 0 saturated heterocycles. The maximum absolute atomic E-state index is 13.7. The zero-order valence-corrected chi connectivity index (χ0v) is 18.4. The molecule has 0 aromatic heterocycles. The third kappa shape index (κ3) is 6.61. The van der Waals surface area contributed by atoms with Crippen LogP contribution in [0.5, 0.6) is 11.5 Å². The lowest BCUT2D eigenvalue weighted by atomic mass is 10.1. The van der Waals surface area contributed by atoms with Crippen molar-refractivity contribution in [3.8, 4) is 11.5 Å². The van der Waals surface area contributed by atoms with Crippen LogP contribution in [-0.2, 0) is 11.0 Å². The summed E-state index contributed by atoms with van der Waals surface area (Å²) in [7, 11) is -3.64. The van der Waals surface area contributed by atoms with Gasteiger partial charge in [0.1, 0.15) is 11.5 Å². The SMILES string of the molecule is C[C@H](NC(=S)NCCc1ccccc1)P(=O)(Oc1ccccc1)Oc1ccccc1. The highest BCUT2D eigenvalue weighted by Crippen LogP contribution is 2.51. The van der Waals surface area contributed by atoms with Gasteiger partial charge in [0.25, 0.3) is 0 Å². The standard InChI is InChI=1S/C23H25N2O3PS/c1-19(25-23(30)24-18-17-20-11-5-2-6-12-20)29(26,27-21-13-7-3-8-14-21)28-22-15-9-4-10-16-22/h2-16,19H,17-18H2,1H3,(H2,24,25,30)/t19-/m1/s1. The Hall–Kier alpha value is -2.82. The second kappa shape index (κ2) is 10.8. The Bertz CT molecular complexity index is 926. The van der Waals surface area contributed by atoms with Crippen LogP contribution in [0.1, 0.15) is 12.5 Å². The zero-order valence-electron chi connectivity index (χ0n) is 16.7. The Morgan fingerprint density at radius 2 is 1.33 bits per heavy atom. The van der Waals surface area contributed by atoms with Gasteiger partial charge in [-0.05, 0) is 55.4 Å². The second-order valence-electron chi connectivity index (χ2n) is 6.66. The van der Waals surface area contributed by atoms with Gasteiger partial charge in [-0.15, -0.1) is 0 Å². The highest BCUT2D eigenvalue weighted by molar-refractivity contribution is 7.80. The van der Waals surface area contributed by atoms with Crippen LogP contribution < -0.4 is 19.7 Å². The van der Waals surface area contributed by atoms with Gasteiger partial charge in [0.2, 0.25) is 0 Å². The van der Waals surface area contributed by atoms with Gasteiger partial charge in [-0.2, -0.15) is 0 Å². The summed E-state index contributed by atoms with van der Waals surface area (Å²) >= 11 is 5.39. The maximum Gasteiger partial charge on any atom is 0.452 e. The molecule has 0 aliphatic carbocycles. The number of thiocarbonyl (C=S) groups is 1. The topological polar surface area (TPSA) is 59.6 Å². The Morgan fingerprint density at radius 1 is 0.867 bits per heavy atom. The number of benzene rings is 3. The Kier molecular flexibility index (Phi) is 7.89. The number of hydrogen-bond acceptors (Lipinski definition) is 4. The molecule has 3 aromatic carbocycles. The van der Waals surface area contributed by atoms with Gasteiger partial charge in [-0.25, -0.2) is 4.57 Å². The summed E-state index contributed by atoms with van der Waals surface area (Å²) in [6.07, 6.45) is 0.829. The van der Waals surface area contributed by atoms with Crippen LogP contribution in [0.4, 0.5) is 0 Å². The van der Waals surface area contributed by atoms with E-state index in [4.69, 9.17) is 21.3 Å². The average Bonchev–Trinajstić information content (AvgIpc) is 2.76. The van der Waals surface area contributed by atoms with Gasteiger partial charge in [-0.1, -0.05) is 66.7 Å². The summed E-state index contributed by atoms with van der Waals surface area (Å²) in [4.78, 5) is 0. The van der Waals surface area contributed by atoms with E-state index in [0.717, 1.165) is 6.42 Å². The molecule has 0 heterocycles. The quantitative estimate of drug-likeness (QED) is 0.344. The number of nitrogens with one attached hydrogen (secondary N) is 2.